The lowest BCUT2D eigenvalue weighted by molar-refractivity contribution is -0.389. The number of hydrogen-bond donors (Lipinski definition) is 0. The molecule has 0 unspecified atom stereocenters. The summed E-state index contributed by atoms with van der Waals surface area (Å²) in [6.45, 7) is 0. The molecule has 0 spiro atoms. The summed E-state index contributed by atoms with van der Waals surface area (Å²) in [4.78, 5) is 23.7. The number of halogens is 4. The number of aromatic nitrogens is 1. The van der Waals surface area contributed by atoms with Crippen molar-refractivity contribution in [1.29, 1.82) is 0 Å². The zero-order valence-corrected chi connectivity index (χ0v) is 9.78. The van der Waals surface area contributed by atoms with Crippen LogP contribution in [0.2, 0.25) is 0 Å². The van der Waals surface area contributed by atoms with Crippen molar-refractivity contribution in [3.8, 4) is 11.5 Å². The quantitative estimate of drug-likeness (QED) is 0.481. The van der Waals surface area contributed by atoms with Crippen molar-refractivity contribution in [3.05, 3.63) is 22.0 Å². The number of pyridine rings is 1. The summed E-state index contributed by atoms with van der Waals surface area (Å²) in [5, 5.41) is 9.53. The average molecular weight is 301 g/mol. The highest BCUT2D eigenvalue weighted by atomic mass is 35.5. The number of ether oxygens (including phenoxy) is 2. The Hall–Kier alpha value is -2.10. The molecule has 0 aromatic carbocycles. The average Bonchev–Trinajstić information content (AvgIpc) is 2.25. The summed E-state index contributed by atoms with van der Waals surface area (Å²) in [6.07, 6.45) is -4.80. The smallest absolute Gasteiger partial charge is 0.488 e. The predicted octanol–water partition coefficient (Wildman–Crippen LogP) is 2.28. The molecule has 104 valence electrons. The molecule has 0 saturated heterocycles. The minimum atomic E-state index is -5.16. The van der Waals surface area contributed by atoms with Gasteiger partial charge in [-0.05, 0) is 11.6 Å². The maximum atomic E-state index is 12.1. The topological polar surface area (TPSA) is 91.6 Å². The first-order valence-electron chi connectivity index (χ1n) is 4.34. The second-order valence-electron chi connectivity index (χ2n) is 2.93. The molecule has 1 aromatic heterocycles. The molecule has 1 rings (SSSR count). The van der Waals surface area contributed by atoms with Gasteiger partial charge in [0.05, 0.1) is 18.2 Å². The van der Waals surface area contributed by atoms with E-state index < -0.39 is 39.4 Å². The lowest BCUT2D eigenvalue weighted by Gasteiger charge is -2.11. The molecule has 0 radical (unpaired) electrons. The van der Waals surface area contributed by atoms with Crippen LogP contribution < -0.4 is 9.47 Å². The van der Waals surface area contributed by atoms with Crippen LogP contribution in [0.3, 0.4) is 0 Å². The van der Waals surface area contributed by atoms with Gasteiger partial charge < -0.3 is 9.47 Å². The van der Waals surface area contributed by atoms with Crippen LogP contribution >= 0.6 is 11.6 Å². The van der Waals surface area contributed by atoms with Crippen molar-refractivity contribution in [2.75, 3.05) is 7.11 Å². The number of rotatable bonds is 4. The molecule has 0 fully saturated rings. The van der Waals surface area contributed by atoms with Crippen LogP contribution in [0, 0.1) is 10.1 Å². The third-order valence-electron chi connectivity index (χ3n) is 1.77. The van der Waals surface area contributed by atoms with E-state index in [1.807, 2.05) is 0 Å². The van der Waals surface area contributed by atoms with Gasteiger partial charge in [-0.1, -0.05) is 0 Å². The third kappa shape index (κ3) is 3.44. The van der Waals surface area contributed by atoms with E-state index >= 15 is 0 Å². The first-order valence-corrected chi connectivity index (χ1v) is 4.72. The molecule has 0 N–H and O–H groups in total. The summed E-state index contributed by atoms with van der Waals surface area (Å²) in [5.41, 5.74) is -1.88. The van der Waals surface area contributed by atoms with Crippen molar-refractivity contribution in [3.63, 3.8) is 0 Å². The maximum absolute atomic E-state index is 12.1. The number of alkyl halides is 3. The van der Waals surface area contributed by atoms with Crippen LogP contribution in [-0.2, 0) is 0 Å². The van der Waals surface area contributed by atoms with Gasteiger partial charge in [0, 0.05) is 0 Å². The maximum Gasteiger partial charge on any atom is 0.573 e. The molecule has 7 nitrogen and oxygen atoms in total. The standard InChI is InChI=1S/C8H4ClF3N2O5/c1-18-6-4(7(9)15)13-2-3(5(6)14(16)17)19-8(10,11)12/h2H,1H3. The second-order valence-corrected chi connectivity index (χ2v) is 3.27. The highest BCUT2D eigenvalue weighted by molar-refractivity contribution is 6.67. The molecule has 0 aliphatic heterocycles. The van der Waals surface area contributed by atoms with Crippen molar-refractivity contribution in [2.45, 2.75) is 6.36 Å². The van der Waals surface area contributed by atoms with E-state index in [-0.39, 0.29) is 0 Å². The monoisotopic (exact) mass is 300 g/mol. The van der Waals surface area contributed by atoms with Crippen LogP contribution in [0.25, 0.3) is 0 Å². The molecule has 0 saturated carbocycles. The lowest BCUT2D eigenvalue weighted by atomic mass is 10.3. The van der Waals surface area contributed by atoms with Gasteiger partial charge in [-0.3, -0.25) is 14.9 Å². The molecule has 0 bridgehead atoms. The second kappa shape index (κ2) is 5.26. The molecular formula is C8H4ClF3N2O5. The van der Waals surface area contributed by atoms with Crippen LogP contribution in [0.4, 0.5) is 18.9 Å². The van der Waals surface area contributed by atoms with Gasteiger partial charge in [-0.25, -0.2) is 4.98 Å². The van der Waals surface area contributed by atoms with E-state index in [9.17, 15) is 28.1 Å². The molecule has 0 amide bonds. The first kappa shape index (κ1) is 15.0. The zero-order chi connectivity index (χ0) is 14.8. The van der Waals surface area contributed by atoms with Crippen molar-refractivity contribution < 1.29 is 32.4 Å². The number of methoxy groups -OCH3 is 1. The molecule has 1 heterocycles. The summed E-state index contributed by atoms with van der Waals surface area (Å²) < 4.78 is 44.1. The van der Waals surface area contributed by atoms with E-state index in [4.69, 9.17) is 11.6 Å². The zero-order valence-electron chi connectivity index (χ0n) is 9.02. The Labute approximate surface area is 108 Å². The van der Waals surface area contributed by atoms with E-state index in [0.717, 1.165) is 7.11 Å². The molecule has 1 aromatic rings. The van der Waals surface area contributed by atoms with E-state index in [1.165, 1.54) is 0 Å². The van der Waals surface area contributed by atoms with Crippen LogP contribution in [-0.4, -0.2) is 28.6 Å². The van der Waals surface area contributed by atoms with Gasteiger partial charge >= 0.3 is 12.0 Å². The van der Waals surface area contributed by atoms with E-state index in [1.54, 1.807) is 0 Å². The highest BCUT2D eigenvalue weighted by Gasteiger charge is 2.38. The van der Waals surface area contributed by atoms with E-state index in [0.29, 0.717) is 6.20 Å². The highest BCUT2D eigenvalue weighted by Crippen LogP contribution is 2.40. The fraction of sp³-hybridized carbons (Fsp3) is 0.250. The van der Waals surface area contributed by atoms with Gasteiger partial charge in [0.1, 0.15) is 0 Å². The summed E-state index contributed by atoms with van der Waals surface area (Å²) >= 11 is 5.08. The number of hydrogen-bond acceptors (Lipinski definition) is 6. The van der Waals surface area contributed by atoms with Gasteiger partial charge in [0.25, 0.3) is 5.24 Å². The largest absolute Gasteiger partial charge is 0.573 e. The van der Waals surface area contributed by atoms with Gasteiger partial charge in [0.2, 0.25) is 11.5 Å². The van der Waals surface area contributed by atoms with Gasteiger partial charge in [-0.15, -0.1) is 13.2 Å². The van der Waals surface area contributed by atoms with Crippen LogP contribution in [0.5, 0.6) is 11.5 Å². The number of carbonyl (C=O) groups excluding carboxylic acids is 1. The summed E-state index contributed by atoms with van der Waals surface area (Å²) in [5.74, 6) is -2.03. The summed E-state index contributed by atoms with van der Waals surface area (Å²) in [6, 6.07) is 0. The van der Waals surface area contributed by atoms with Crippen LogP contribution in [0.1, 0.15) is 10.5 Å². The predicted molar refractivity (Wildman–Crippen MR) is 54.3 cm³/mol. The SMILES string of the molecule is COc1c(C(=O)Cl)ncc(OC(F)(F)F)c1[N+](=O)[O-]. The summed E-state index contributed by atoms with van der Waals surface area (Å²) in [7, 11) is 0.907. The molecule has 0 atom stereocenters. The van der Waals surface area contributed by atoms with Crippen LogP contribution in [0.15, 0.2) is 6.20 Å². The fourth-order valence-electron chi connectivity index (χ4n) is 1.17. The minimum Gasteiger partial charge on any atom is -0.488 e. The van der Waals surface area contributed by atoms with Crippen molar-refractivity contribution in [1.82, 2.24) is 4.98 Å². The van der Waals surface area contributed by atoms with Crippen molar-refractivity contribution >= 4 is 22.5 Å². The van der Waals surface area contributed by atoms with E-state index in [2.05, 4.69) is 14.5 Å². The lowest BCUT2D eigenvalue weighted by Crippen LogP contribution is -2.19. The molecule has 11 heteroatoms. The number of nitro groups is 1. The van der Waals surface area contributed by atoms with Gasteiger partial charge in [0.15, 0.2) is 5.69 Å². The Bertz CT molecular complexity index is 534. The molecule has 0 aliphatic rings. The third-order valence-corrected chi connectivity index (χ3v) is 1.95. The first-order chi connectivity index (χ1) is 8.67. The number of nitrogens with zero attached hydrogens (tertiary/aromatic N) is 2. The Morgan fingerprint density at radius 1 is 1.53 bits per heavy atom. The molecule has 0 aliphatic carbocycles. The Morgan fingerprint density at radius 3 is 2.47 bits per heavy atom. The Balaban J connectivity index is 3.50. The van der Waals surface area contributed by atoms with Gasteiger partial charge in [-0.2, -0.15) is 0 Å². The fourth-order valence-corrected chi connectivity index (χ4v) is 1.31. The normalized spacial score (nSPS) is 11.0. The molecule has 19 heavy (non-hydrogen) atoms. The molecular weight excluding hydrogens is 297 g/mol. The minimum absolute atomic E-state index is 0.365. The Morgan fingerprint density at radius 2 is 2.11 bits per heavy atom. The Kier molecular flexibility index (Phi) is 4.14. The number of carbonyl (C=O) groups is 1. The van der Waals surface area contributed by atoms with Crippen molar-refractivity contribution in [2.24, 2.45) is 0 Å².